The Morgan fingerprint density at radius 3 is 2.29 bits per heavy atom. The van der Waals surface area contributed by atoms with Gasteiger partial charge in [0.15, 0.2) is 0 Å². The molecule has 1 N–H and O–H groups in total. The van der Waals surface area contributed by atoms with Gasteiger partial charge >= 0.3 is 24.4 Å². The number of carboxylic acids is 1. The smallest absolute Gasteiger partial charge is 0.416 e. The number of hydrogen-bond donors (Lipinski definition) is 1. The van der Waals surface area contributed by atoms with Gasteiger partial charge in [0.25, 0.3) is 5.92 Å². The minimum atomic E-state index is -5.12. The molecular weight excluding hydrogens is 660 g/mol. The quantitative estimate of drug-likeness (QED) is 0.306. The van der Waals surface area contributed by atoms with Gasteiger partial charge in [-0.05, 0) is 61.4 Å². The number of halogens is 8. The highest BCUT2D eigenvalue weighted by Crippen LogP contribution is 2.50. The van der Waals surface area contributed by atoms with Gasteiger partial charge in [-0.3, -0.25) is 9.69 Å². The zero-order chi connectivity index (χ0) is 34.9. The number of cyclic esters (lactones) is 1. The predicted molar refractivity (Wildman–Crippen MR) is 150 cm³/mol. The maximum Gasteiger partial charge on any atom is 0.416 e. The van der Waals surface area contributed by atoms with Crippen molar-refractivity contribution in [1.29, 1.82) is 0 Å². The number of carboxylic acid groups (broad SMARTS) is 1. The fourth-order valence-corrected chi connectivity index (χ4v) is 6.43. The van der Waals surface area contributed by atoms with Crippen molar-refractivity contribution in [3.63, 3.8) is 0 Å². The summed E-state index contributed by atoms with van der Waals surface area (Å²) in [5.74, 6) is -4.48. The maximum absolute atomic E-state index is 13.7. The molecule has 1 aromatic carbocycles. The molecule has 0 radical (unpaired) electrons. The fourth-order valence-electron chi connectivity index (χ4n) is 6.43. The van der Waals surface area contributed by atoms with Crippen LogP contribution in [0.4, 0.5) is 45.9 Å². The van der Waals surface area contributed by atoms with Crippen LogP contribution < -0.4 is 4.90 Å². The molecule has 5 atom stereocenters. The molecule has 9 nitrogen and oxygen atoms in total. The van der Waals surface area contributed by atoms with E-state index in [0.29, 0.717) is 41.9 Å². The van der Waals surface area contributed by atoms with Crippen LogP contribution in [0, 0.1) is 17.8 Å². The summed E-state index contributed by atoms with van der Waals surface area (Å²) in [5.41, 5.74) is -2.79. The molecule has 17 heteroatoms. The van der Waals surface area contributed by atoms with Crippen LogP contribution >= 0.6 is 0 Å². The number of aromatic nitrogens is 2. The Bertz CT molecular complexity index is 1670. The second kappa shape index (κ2) is 11.6. The van der Waals surface area contributed by atoms with E-state index in [1.54, 1.807) is 6.08 Å². The number of benzene rings is 1. The molecule has 0 spiro atoms. The predicted octanol–water partition coefficient (Wildman–Crippen LogP) is 6.71. The van der Waals surface area contributed by atoms with Gasteiger partial charge in [-0.2, -0.15) is 26.3 Å². The van der Waals surface area contributed by atoms with E-state index in [2.05, 4.69) is 9.97 Å². The summed E-state index contributed by atoms with van der Waals surface area (Å²) < 4.78 is 120. The third-order valence-electron chi connectivity index (χ3n) is 9.07. The zero-order valence-electron chi connectivity index (χ0n) is 25.3. The average Bonchev–Trinajstić information content (AvgIpc) is 3.76. The molecular formula is C31H28F8N4O5. The summed E-state index contributed by atoms with van der Waals surface area (Å²) in [6.45, 7) is -0.341. The minimum absolute atomic E-state index is 0.0247. The largest absolute Gasteiger partial charge is 0.496 e. The first-order valence-corrected chi connectivity index (χ1v) is 14.8. The SMILES string of the molecule is COC1=CC[C@H](C2C[C@@H]2C(=O)O)C=C1c1cnc(N2CC(F)(F)C2)nc1CN1C(=O)O[C@H](c2cc(C(F)(F)F)cc(C(F)(F)F)c2)[C@@H]1C. The zero-order valence-corrected chi connectivity index (χ0v) is 25.3. The summed E-state index contributed by atoms with van der Waals surface area (Å²) in [7, 11) is 1.41. The van der Waals surface area contributed by atoms with Crippen molar-refractivity contribution in [2.24, 2.45) is 17.8 Å². The Morgan fingerprint density at radius 2 is 1.75 bits per heavy atom. The van der Waals surface area contributed by atoms with E-state index in [1.165, 1.54) is 25.1 Å². The Morgan fingerprint density at radius 1 is 1.10 bits per heavy atom. The fraction of sp³-hybridized carbons (Fsp3) is 0.484. The van der Waals surface area contributed by atoms with Crippen molar-refractivity contribution in [1.82, 2.24) is 14.9 Å². The van der Waals surface area contributed by atoms with E-state index >= 15 is 0 Å². The average molecular weight is 689 g/mol. The molecule has 3 fully saturated rings. The number of alkyl halides is 8. The topological polar surface area (TPSA) is 105 Å². The van der Waals surface area contributed by atoms with Crippen LogP contribution in [0.1, 0.15) is 53.8 Å². The molecule has 6 rings (SSSR count). The van der Waals surface area contributed by atoms with Gasteiger partial charge in [0.1, 0.15) is 11.9 Å². The second-order valence-corrected chi connectivity index (χ2v) is 12.4. The number of allylic oxidation sites excluding steroid dienone is 3. The summed E-state index contributed by atoms with van der Waals surface area (Å²) >= 11 is 0. The van der Waals surface area contributed by atoms with Crippen LogP contribution in [-0.2, 0) is 33.2 Å². The molecule has 1 amide bonds. The van der Waals surface area contributed by atoms with E-state index < -0.39 is 84.7 Å². The summed E-state index contributed by atoms with van der Waals surface area (Å²) in [5, 5.41) is 9.45. The standard InChI is InChI=1S/C31H28F8N4O5/c1-14-25(16-5-17(30(34,35)36)8-18(6-16)31(37,38)39)48-28(46)43(14)11-23-22(10-40-27(41-23)42-12-29(32,33)13-42)20-7-15(3-4-24(20)47-2)19-9-21(19)26(44)45/h4-8,10,14-15,19,21,25H,3,9,11-13H2,1-2H3,(H,44,45)/t14-,15-,19?,21-,25-/m0/s1. The molecule has 0 bridgehead atoms. The third-order valence-corrected chi connectivity index (χ3v) is 9.07. The lowest BCUT2D eigenvalue weighted by Gasteiger charge is -2.38. The lowest BCUT2D eigenvalue weighted by atomic mass is 9.87. The first-order chi connectivity index (χ1) is 22.4. The number of nitrogens with zero attached hydrogens (tertiary/aromatic N) is 4. The number of amides is 1. The molecule has 1 saturated carbocycles. The lowest BCUT2D eigenvalue weighted by molar-refractivity contribution is -0.143. The van der Waals surface area contributed by atoms with E-state index in [-0.39, 0.29) is 29.5 Å². The summed E-state index contributed by atoms with van der Waals surface area (Å²) in [6.07, 6.45) is -6.96. The number of aliphatic carboxylic acids is 1. The number of hydrogen-bond acceptors (Lipinski definition) is 7. The maximum atomic E-state index is 13.7. The van der Waals surface area contributed by atoms with Crippen molar-refractivity contribution >= 4 is 23.6 Å². The van der Waals surface area contributed by atoms with Gasteiger partial charge in [0.05, 0.1) is 55.5 Å². The van der Waals surface area contributed by atoms with E-state index in [1.807, 2.05) is 6.08 Å². The van der Waals surface area contributed by atoms with Crippen LogP contribution in [0.5, 0.6) is 0 Å². The summed E-state index contributed by atoms with van der Waals surface area (Å²) in [6, 6.07) is -0.134. The molecule has 2 saturated heterocycles. The number of methoxy groups -OCH3 is 1. The molecule has 2 aromatic rings. The van der Waals surface area contributed by atoms with Crippen molar-refractivity contribution in [2.45, 2.75) is 56.7 Å². The van der Waals surface area contributed by atoms with Gasteiger partial charge in [-0.15, -0.1) is 0 Å². The van der Waals surface area contributed by atoms with Crippen LogP contribution in [0.2, 0.25) is 0 Å². The van der Waals surface area contributed by atoms with E-state index in [0.717, 1.165) is 4.90 Å². The molecule has 4 aliphatic rings. The Balaban J connectivity index is 1.36. The van der Waals surface area contributed by atoms with Gasteiger partial charge in [-0.25, -0.2) is 23.5 Å². The molecule has 3 heterocycles. The van der Waals surface area contributed by atoms with Gasteiger partial charge in [0, 0.05) is 17.3 Å². The minimum Gasteiger partial charge on any atom is -0.496 e. The van der Waals surface area contributed by atoms with Crippen LogP contribution in [0.3, 0.4) is 0 Å². The molecule has 1 aromatic heterocycles. The van der Waals surface area contributed by atoms with Crippen molar-refractivity contribution in [2.75, 3.05) is 25.1 Å². The van der Waals surface area contributed by atoms with Crippen LogP contribution in [-0.4, -0.2) is 64.2 Å². The third kappa shape index (κ3) is 6.38. The van der Waals surface area contributed by atoms with Gasteiger partial charge in [-0.1, -0.05) is 6.08 Å². The number of rotatable bonds is 8. The number of carbonyl (C=O) groups is 2. The lowest BCUT2D eigenvalue weighted by Crippen LogP contribution is -2.57. The molecule has 2 aliphatic heterocycles. The summed E-state index contributed by atoms with van der Waals surface area (Å²) in [4.78, 5) is 35.7. The van der Waals surface area contributed by atoms with Crippen molar-refractivity contribution in [3.8, 4) is 0 Å². The Hall–Kier alpha value is -4.44. The first kappa shape index (κ1) is 33.5. The Kier molecular flexibility index (Phi) is 8.10. The normalized spacial score (nSPS) is 26.8. The monoisotopic (exact) mass is 688 g/mol. The second-order valence-electron chi connectivity index (χ2n) is 12.4. The van der Waals surface area contributed by atoms with E-state index in [4.69, 9.17) is 9.47 Å². The molecule has 258 valence electrons. The molecule has 2 aliphatic carbocycles. The first-order valence-electron chi connectivity index (χ1n) is 14.8. The van der Waals surface area contributed by atoms with E-state index in [9.17, 15) is 49.8 Å². The molecule has 48 heavy (non-hydrogen) atoms. The highest BCUT2D eigenvalue weighted by atomic mass is 19.4. The number of ether oxygens (including phenoxy) is 2. The number of carbonyl (C=O) groups excluding carboxylic acids is 1. The Labute approximate surface area is 267 Å². The van der Waals surface area contributed by atoms with Crippen molar-refractivity contribution < 1.29 is 59.3 Å². The van der Waals surface area contributed by atoms with Crippen LogP contribution in [0.25, 0.3) is 5.57 Å². The van der Waals surface area contributed by atoms with Gasteiger partial charge in [0.2, 0.25) is 5.95 Å². The van der Waals surface area contributed by atoms with Crippen molar-refractivity contribution in [3.05, 3.63) is 70.3 Å². The number of anilines is 1. The van der Waals surface area contributed by atoms with Gasteiger partial charge < -0.3 is 19.5 Å². The molecule has 1 unspecified atom stereocenters. The van der Waals surface area contributed by atoms with Crippen LogP contribution in [0.15, 0.2) is 42.3 Å². The highest BCUT2D eigenvalue weighted by Gasteiger charge is 2.49. The highest BCUT2D eigenvalue weighted by molar-refractivity contribution is 5.81.